The molecule has 2 rings (SSSR count). The fourth-order valence-electron chi connectivity index (χ4n) is 7.86. The Morgan fingerprint density at radius 2 is 1.03 bits per heavy atom. The molecule has 14 nitrogen and oxygen atoms in total. The minimum atomic E-state index is -1.79. The molecular formula is C54H91NO13. The number of aliphatic hydroxyl groups is 8. The van der Waals surface area contributed by atoms with Crippen LogP contribution in [0.3, 0.4) is 0 Å². The zero-order valence-corrected chi connectivity index (χ0v) is 41.3. The van der Waals surface area contributed by atoms with E-state index in [1.54, 1.807) is 6.08 Å². The van der Waals surface area contributed by atoms with Crippen LogP contribution in [0.4, 0.5) is 0 Å². The summed E-state index contributed by atoms with van der Waals surface area (Å²) in [5.41, 5.74) is 0. The summed E-state index contributed by atoms with van der Waals surface area (Å²) in [5.74, 6) is -0.267. The zero-order chi connectivity index (χ0) is 49.6. The third kappa shape index (κ3) is 26.4. The van der Waals surface area contributed by atoms with Gasteiger partial charge >= 0.3 is 0 Å². The summed E-state index contributed by atoms with van der Waals surface area (Å²) in [6.07, 6.45) is 34.8. The van der Waals surface area contributed by atoms with Gasteiger partial charge in [0.15, 0.2) is 12.6 Å². The van der Waals surface area contributed by atoms with E-state index in [2.05, 4.69) is 92.1 Å². The molecule has 1 amide bonds. The number of rotatable bonds is 38. The van der Waals surface area contributed by atoms with E-state index in [4.69, 9.17) is 18.9 Å². The highest BCUT2D eigenvalue weighted by Gasteiger charge is 2.51. The molecule has 9 N–H and O–H groups in total. The molecule has 2 aliphatic heterocycles. The van der Waals surface area contributed by atoms with Crippen molar-refractivity contribution < 1.29 is 64.6 Å². The average Bonchev–Trinajstić information content (AvgIpc) is 3.34. The van der Waals surface area contributed by atoms with Crippen LogP contribution in [-0.2, 0) is 23.7 Å². The molecule has 14 heteroatoms. The van der Waals surface area contributed by atoms with Gasteiger partial charge in [-0.25, -0.2) is 0 Å². The van der Waals surface area contributed by atoms with Crippen LogP contribution < -0.4 is 5.32 Å². The molecule has 2 aliphatic rings. The van der Waals surface area contributed by atoms with E-state index in [0.29, 0.717) is 12.8 Å². The average molecular weight is 962 g/mol. The molecule has 2 fully saturated rings. The molecule has 0 aromatic rings. The van der Waals surface area contributed by atoms with E-state index in [1.165, 1.54) is 38.5 Å². The molecule has 2 heterocycles. The van der Waals surface area contributed by atoms with Crippen molar-refractivity contribution in [2.24, 2.45) is 0 Å². The summed E-state index contributed by atoms with van der Waals surface area (Å²) in [7, 11) is 0. The second kappa shape index (κ2) is 39.8. The van der Waals surface area contributed by atoms with Crippen molar-refractivity contribution in [3.8, 4) is 0 Å². The lowest BCUT2D eigenvalue weighted by molar-refractivity contribution is -0.359. The number of amides is 1. The Kier molecular flexibility index (Phi) is 35.9. The fourth-order valence-corrected chi connectivity index (χ4v) is 7.86. The van der Waals surface area contributed by atoms with Crippen molar-refractivity contribution in [2.45, 2.75) is 229 Å². The molecule has 2 saturated heterocycles. The van der Waals surface area contributed by atoms with Crippen LogP contribution in [0.1, 0.15) is 155 Å². The highest BCUT2D eigenvalue weighted by atomic mass is 16.7. The van der Waals surface area contributed by atoms with Crippen LogP contribution in [0, 0.1) is 0 Å². The van der Waals surface area contributed by atoms with Crippen molar-refractivity contribution >= 4 is 5.91 Å². The normalized spacial score (nSPS) is 27.1. The third-order valence-electron chi connectivity index (χ3n) is 12.1. The van der Waals surface area contributed by atoms with Crippen molar-refractivity contribution in [2.75, 3.05) is 19.8 Å². The van der Waals surface area contributed by atoms with Crippen molar-refractivity contribution in [1.82, 2.24) is 5.32 Å². The Morgan fingerprint density at radius 3 is 1.62 bits per heavy atom. The second-order valence-electron chi connectivity index (χ2n) is 17.9. The predicted molar refractivity (Wildman–Crippen MR) is 267 cm³/mol. The summed E-state index contributed by atoms with van der Waals surface area (Å²) >= 11 is 0. The summed E-state index contributed by atoms with van der Waals surface area (Å²) in [6.45, 7) is 2.59. The molecule has 0 radical (unpaired) electrons. The van der Waals surface area contributed by atoms with Gasteiger partial charge in [-0.1, -0.05) is 157 Å². The molecule has 68 heavy (non-hydrogen) atoms. The Bertz CT molecular complexity index is 1460. The molecule has 0 aromatic carbocycles. The number of carbonyl (C=O) groups excluding carboxylic acids is 1. The molecule has 390 valence electrons. The van der Waals surface area contributed by atoms with Gasteiger partial charge in [-0.15, -0.1) is 0 Å². The molecule has 0 aromatic heterocycles. The summed E-state index contributed by atoms with van der Waals surface area (Å²) in [6, 6.07) is -0.941. The molecule has 12 unspecified atom stereocenters. The first-order chi connectivity index (χ1) is 33.1. The largest absolute Gasteiger partial charge is 0.394 e. The standard InChI is InChI=1S/C54H91NO13/c1-3-5-7-9-11-13-15-16-17-18-19-20-21-22-23-24-25-26-28-30-32-34-36-38-46(59)55-42(43(58)37-35-33-31-29-27-14-12-10-8-6-4-2)41-65-53-51(64)49(62)52(45(40-57)67-53)68-54-50(63)48(61)47(60)44(39-56)66-54/h5,7,11,13,16-17,19-20,22-23,27,29,35,37,42-45,47-54,56-58,60-64H,3-4,6,8-10,12,14-15,18,21,24-26,28,30-34,36,38-41H2,1-2H3,(H,55,59)/b7-5-,13-11-,17-16-,20-19-,23-22-,29-27+,37-35+. The number of nitrogens with one attached hydrogen (secondary N) is 1. The van der Waals surface area contributed by atoms with Gasteiger partial charge in [-0.3, -0.25) is 4.79 Å². The van der Waals surface area contributed by atoms with E-state index in [9.17, 15) is 45.6 Å². The number of ether oxygens (including phenoxy) is 4. The van der Waals surface area contributed by atoms with Crippen molar-refractivity contribution in [3.05, 3.63) is 85.1 Å². The molecule has 0 aliphatic carbocycles. The fraction of sp³-hybridized carbons (Fsp3) is 0.722. The van der Waals surface area contributed by atoms with Gasteiger partial charge in [0.1, 0.15) is 48.8 Å². The maximum absolute atomic E-state index is 13.2. The highest BCUT2D eigenvalue weighted by molar-refractivity contribution is 5.76. The van der Waals surface area contributed by atoms with Crippen LogP contribution in [0.5, 0.6) is 0 Å². The third-order valence-corrected chi connectivity index (χ3v) is 12.1. The van der Waals surface area contributed by atoms with Crippen LogP contribution in [0.2, 0.25) is 0 Å². The van der Waals surface area contributed by atoms with Crippen LogP contribution in [0.25, 0.3) is 0 Å². The summed E-state index contributed by atoms with van der Waals surface area (Å²) < 4.78 is 22.6. The molecule has 12 atom stereocenters. The van der Waals surface area contributed by atoms with Gasteiger partial charge in [0, 0.05) is 6.42 Å². The van der Waals surface area contributed by atoms with Crippen LogP contribution in [-0.4, -0.2) is 140 Å². The van der Waals surface area contributed by atoms with Crippen molar-refractivity contribution in [1.29, 1.82) is 0 Å². The van der Waals surface area contributed by atoms with Gasteiger partial charge in [-0.2, -0.15) is 0 Å². The monoisotopic (exact) mass is 962 g/mol. The van der Waals surface area contributed by atoms with Gasteiger partial charge < -0.3 is 65.1 Å². The maximum atomic E-state index is 13.2. The van der Waals surface area contributed by atoms with E-state index in [0.717, 1.165) is 83.5 Å². The number of allylic oxidation sites excluding steroid dienone is 13. The number of carbonyl (C=O) groups is 1. The van der Waals surface area contributed by atoms with Crippen LogP contribution in [0.15, 0.2) is 85.1 Å². The SMILES string of the molecule is CC/C=C\C/C=C\C/C=C\C/C=C\C/C=C\CCCCCCCCCC(=O)NC(COC1OC(CO)C(OC2OC(CO)C(O)C(O)C2O)C(O)C1O)C(O)/C=C/CC/C=C/CCCCCCC. The lowest BCUT2D eigenvalue weighted by atomic mass is 9.97. The van der Waals surface area contributed by atoms with Crippen LogP contribution >= 0.6 is 0 Å². The number of hydrogen-bond donors (Lipinski definition) is 9. The number of aliphatic hydroxyl groups excluding tert-OH is 8. The molecule has 0 spiro atoms. The lowest BCUT2D eigenvalue weighted by Crippen LogP contribution is -2.65. The predicted octanol–water partition coefficient (Wildman–Crippen LogP) is 6.99. The maximum Gasteiger partial charge on any atom is 0.220 e. The minimum Gasteiger partial charge on any atom is -0.394 e. The summed E-state index contributed by atoms with van der Waals surface area (Å²) in [5, 5.41) is 86.6. The molecule has 0 saturated carbocycles. The topological polar surface area (TPSA) is 228 Å². The van der Waals surface area contributed by atoms with E-state index >= 15 is 0 Å². The number of unbranched alkanes of at least 4 members (excludes halogenated alkanes) is 13. The van der Waals surface area contributed by atoms with E-state index in [1.807, 2.05) is 6.08 Å². The first kappa shape index (κ1) is 61.3. The Balaban J connectivity index is 1.81. The lowest BCUT2D eigenvalue weighted by Gasteiger charge is -2.46. The van der Waals surface area contributed by atoms with Gasteiger partial charge in [-0.05, 0) is 77.0 Å². The Morgan fingerprint density at radius 1 is 0.544 bits per heavy atom. The first-order valence-corrected chi connectivity index (χ1v) is 25.8. The quantitative estimate of drug-likeness (QED) is 0.0225. The van der Waals surface area contributed by atoms with Gasteiger partial charge in [0.05, 0.1) is 32.0 Å². The highest BCUT2D eigenvalue weighted by Crippen LogP contribution is 2.30. The number of hydrogen-bond acceptors (Lipinski definition) is 13. The molecular weight excluding hydrogens is 871 g/mol. The van der Waals surface area contributed by atoms with Gasteiger partial charge in [0.25, 0.3) is 0 Å². The second-order valence-corrected chi connectivity index (χ2v) is 17.9. The smallest absolute Gasteiger partial charge is 0.220 e. The first-order valence-electron chi connectivity index (χ1n) is 25.8. The molecule has 0 bridgehead atoms. The van der Waals surface area contributed by atoms with E-state index < -0.39 is 86.8 Å². The Hall–Kier alpha value is -2.83. The zero-order valence-electron chi connectivity index (χ0n) is 41.3. The van der Waals surface area contributed by atoms with E-state index in [-0.39, 0.29) is 18.9 Å². The minimum absolute atomic E-state index is 0.255. The van der Waals surface area contributed by atoms with Gasteiger partial charge in [0.2, 0.25) is 5.91 Å². The summed E-state index contributed by atoms with van der Waals surface area (Å²) in [4.78, 5) is 13.2. The Labute approximate surface area is 408 Å². The van der Waals surface area contributed by atoms with Crippen molar-refractivity contribution in [3.63, 3.8) is 0 Å².